The van der Waals surface area contributed by atoms with E-state index < -0.39 is 0 Å². The molecule has 2 aromatic rings. The van der Waals surface area contributed by atoms with Crippen molar-refractivity contribution >= 4 is 11.9 Å². The van der Waals surface area contributed by atoms with E-state index in [0.717, 1.165) is 29.7 Å². The molecule has 0 spiro atoms. The van der Waals surface area contributed by atoms with Crippen LogP contribution in [-0.2, 0) is 4.74 Å². The fourth-order valence-electron chi connectivity index (χ4n) is 2.94. The number of aromatic nitrogens is 3. The summed E-state index contributed by atoms with van der Waals surface area (Å²) in [5, 5.41) is 4.41. The Kier molecular flexibility index (Phi) is 5.28. The first-order valence-corrected chi connectivity index (χ1v) is 8.48. The van der Waals surface area contributed by atoms with E-state index in [1.165, 1.54) is 5.57 Å². The Labute approximate surface area is 147 Å². The molecule has 0 saturated carbocycles. The third-order valence-corrected chi connectivity index (χ3v) is 4.23. The van der Waals surface area contributed by atoms with Crippen LogP contribution in [0.3, 0.4) is 0 Å². The van der Waals surface area contributed by atoms with Crippen LogP contribution in [0.25, 0.3) is 5.57 Å². The molecule has 3 rings (SSSR count). The van der Waals surface area contributed by atoms with Gasteiger partial charge in [0.05, 0.1) is 18.9 Å². The third kappa shape index (κ3) is 3.79. The molecule has 0 amide bonds. The number of aldehydes is 1. The second kappa shape index (κ2) is 7.61. The van der Waals surface area contributed by atoms with E-state index in [1.807, 2.05) is 29.9 Å². The van der Waals surface area contributed by atoms with Gasteiger partial charge in [-0.1, -0.05) is 0 Å². The van der Waals surface area contributed by atoms with Crippen molar-refractivity contribution in [3.05, 3.63) is 47.1 Å². The number of carbonyl (C=O) groups excluding carboxylic acids is 1. The second-order valence-corrected chi connectivity index (χ2v) is 6.38. The maximum absolute atomic E-state index is 11.2. The minimum absolute atomic E-state index is 0.268. The van der Waals surface area contributed by atoms with Crippen LogP contribution in [0, 0.1) is 6.92 Å². The highest BCUT2D eigenvalue weighted by molar-refractivity contribution is 5.76. The smallest absolute Gasteiger partial charge is 0.172 e. The lowest BCUT2D eigenvalue weighted by molar-refractivity contribution is 0.111. The highest BCUT2D eigenvalue weighted by Crippen LogP contribution is 2.28. The van der Waals surface area contributed by atoms with Crippen molar-refractivity contribution in [2.24, 2.45) is 0 Å². The number of carbonyl (C=O) groups is 1. The molecule has 6 nitrogen and oxygen atoms in total. The molecule has 0 saturated heterocycles. The standard InChI is InChI=1S/C19H23N3O3/c1-13(2)22-18(6-8-20-22)16-12-24-9-7-15(16)11-25-19-5-4-14(3)21-17(19)10-23/h4-6,8,10,13H,7,9,11-12H2,1-3H3. The summed E-state index contributed by atoms with van der Waals surface area (Å²) >= 11 is 0. The van der Waals surface area contributed by atoms with Crippen LogP contribution in [0.2, 0.25) is 0 Å². The van der Waals surface area contributed by atoms with Crippen molar-refractivity contribution < 1.29 is 14.3 Å². The van der Waals surface area contributed by atoms with Gasteiger partial charge in [0, 0.05) is 23.5 Å². The molecule has 0 N–H and O–H groups in total. The van der Waals surface area contributed by atoms with Gasteiger partial charge < -0.3 is 9.47 Å². The van der Waals surface area contributed by atoms with Crippen molar-refractivity contribution in [3.8, 4) is 5.75 Å². The average molecular weight is 341 g/mol. The van der Waals surface area contributed by atoms with E-state index in [0.29, 0.717) is 31.3 Å². The summed E-state index contributed by atoms with van der Waals surface area (Å²) in [5.74, 6) is 0.510. The van der Waals surface area contributed by atoms with Gasteiger partial charge in [0.25, 0.3) is 0 Å². The second-order valence-electron chi connectivity index (χ2n) is 6.38. The van der Waals surface area contributed by atoms with Gasteiger partial charge in [-0.25, -0.2) is 4.98 Å². The van der Waals surface area contributed by atoms with Gasteiger partial charge in [-0.05, 0) is 51.0 Å². The Bertz CT molecular complexity index is 793. The minimum Gasteiger partial charge on any atom is -0.487 e. The Balaban J connectivity index is 1.87. The van der Waals surface area contributed by atoms with Crippen LogP contribution in [0.4, 0.5) is 0 Å². The predicted octanol–water partition coefficient (Wildman–Crippen LogP) is 3.23. The summed E-state index contributed by atoms with van der Waals surface area (Å²) in [5.41, 5.74) is 4.48. The molecule has 0 bridgehead atoms. The molecule has 0 unspecified atom stereocenters. The zero-order valence-corrected chi connectivity index (χ0v) is 14.9. The summed E-state index contributed by atoms with van der Waals surface area (Å²) in [6.45, 7) is 7.68. The number of hydrogen-bond donors (Lipinski definition) is 0. The Morgan fingerprint density at radius 1 is 1.36 bits per heavy atom. The molecule has 2 aromatic heterocycles. The first kappa shape index (κ1) is 17.4. The van der Waals surface area contributed by atoms with Crippen LogP contribution in [0.1, 0.15) is 48.2 Å². The van der Waals surface area contributed by atoms with E-state index >= 15 is 0 Å². The molecule has 132 valence electrons. The number of pyridine rings is 1. The van der Waals surface area contributed by atoms with Gasteiger partial charge >= 0.3 is 0 Å². The highest BCUT2D eigenvalue weighted by atomic mass is 16.5. The largest absolute Gasteiger partial charge is 0.487 e. The van der Waals surface area contributed by atoms with Gasteiger partial charge in [-0.15, -0.1) is 0 Å². The first-order valence-electron chi connectivity index (χ1n) is 8.48. The fourth-order valence-corrected chi connectivity index (χ4v) is 2.94. The fraction of sp³-hybridized carbons (Fsp3) is 0.421. The van der Waals surface area contributed by atoms with E-state index in [2.05, 4.69) is 23.9 Å². The monoisotopic (exact) mass is 341 g/mol. The van der Waals surface area contributed by atoms with Gasteiger partial charge in [0.1, 0.15) is 18.1 Å². The number of ether oxygens (including phenoxy) is 2. The molecule has 25 heavy (non-hydrogen) atoms. The Morgan fingerprint density at radius 3 is 2.96 bits per heavy atom. The van der Waals surface area contributed by atoms with E-state index in [4.69, 9.17) is 9.47 Å². The Morgan fingerprint density at radius 2 is 2.20 bits per heavy atom. The molecule has 0 aliphatic carbocycles. The lowest BCUT2D eigenvalue weighted by atomic mass is 10.0. The first-order chi connectivity index (χ1) is 12.1. The molecule has 0 fully saturated rings. The van der Waals surface area contributed by atoms with E-state index in [1.54, 1.807) is 6.07 Å². The number of rotatable bonds is 6. The predicted molar refractivity (Wildman–Crippen MR) is 94.8 cm³/mol. The molecule has 6 heteroatoms. The zero-order chi connectivity index (χ0) is 17.8. The van der Waals surface area contributed by atoms with E-state index in [9.17, 15) is 4.79 Å². The number of nitrogens with zero attached hydrogens (tertiary/aromatic N) is 3. The van der Waals surface area contributed by atoms with Crippen molar-refractivity contribution in [1.29, 1.82) is 0 Å². The molecule has 1 aliphatic heterocycles. The van der Waals surface area contributed by atoms with Crippen LogP contribution in [0.15, 0.2) is 30.0 Å². The van der Waals surface area contributed by atoms with Crippen LogP contribution in [-0.4, -0.2) is 40.9 Å². The molecule has 1 aliphatic rings. The zero-order valence-electron chi connectivity index (χ0n) is 14.9. The van der Waals surface area contributed by atoms with Gasteiger partial charge in [-0.3, -0.25) is 9.48 Å². The average Bonchev–Trinajstić information content (AvgIpc) is 3.10. The number of hydrogen-bond acceptors (Lipinski definition) is 5. The van der Waals surface area contributed by atoms with Crippen LogP contribution < -0.4 is 4.74 Å². The Hall–Kier alpha value is -2.47. The topological polar surface area (TPSA) is 66.2 Å². The van der Waals surface area contributed by atoms with Crippen LogP contribution >= 0.6 is 0 Å². The lowest BCUT2D eigenvalue weighted by Gasteiger charge is -2.23. The molecule has 0 atom stereocenters. The van der Waals surface area contributed by atoms with E-state index in [-0.39, 0.29) is 6.04 Å². The van der Waals surface area contributed by atoms with Gasteiger partial charge in [-0.2, -0.15) is 5.10 Å². The quantitative estimate of drug-likeness (QED) is 0.755. The van der Waals surface area contributed by atoms with Crippen molar-refractivity contribution in [1.82, 2.24) is 14.8 Å². The van der Waals surface area contributed by atoms with Crippen molar-refractivity contribution in [2.75, 3.05) is 19.8 Å². The normalized spacial score (nSPS) is 14.9. The summed E-state index contributed by atoms with van der Waals surface area (Å²) in [7, 11) is 0. The summed E-state index contributed by atoms with van der Waals surface area (Å²) in [4.78, 5) is 15.4. The third-order valence-electron chi connectivity index (χ3n) is 4.23. The van der Waals surface area contributed by atoms with Crippen molar-refractivity contribution in [2.45, 2.75) is 33.2 Å². The molecule has 0 radical (unpaired) electrons. The molecular formula is C19H23N3O3. The summed E-state index contributed by atoms with van der Waals surface area (Å²) in [6, 6.07) is 5.91. The maximum Gasteiger partial charge on any atom is 0.172 e. The molecule has 3 heterocycles. The molecular weight excluding hydrogens is 318 g/mol. The lowest BCUT2D eigenvalue weighted by Crippen LogP contribution is -2.18. The maximum atomic E-state index is 11.2. The summed E-state index contributed by atoms with van der Waals surface area (Å²) < 4.78 is 13.6. The van der Waals surface area contributed by atoms with Gasteiger partial charge in [0.2, 0.25) is 0 Å². The summed E-state index contributed by atoms with van der Waals surface area (Å²) in [6.07, 6.45) is 3.34. The highest BCUT2D eigenvalue weighted by Gasteiger charge is 2.20. The SMILES string of the molecule is Cc1ccc(OCC2=C(c3ccnn3C(C)C)COCC2)c(C=O)n1. The van der Waals surface area contributed by atoms with Gasteiger partial charge in [0.15, 0.2) is 6.29 Å². The number of aryl methyl sites for hydroxylation is 1. The molecule has 0 aromatic carbocycles. The van der Waals surface area contributed by atoms with Crippen molar-refractivity contribution in [3.63, 3.8) is 0 Å². The van der Waals surface area contributed by atoms with Crippen LogP contribution in [0.5, 0.6) is 5.75 Å². The minimum atomic E-state index is 0.268.